The molecule has 1 aromatic carbocycles. The number of hydrogen-bond donors (Lipinski definition) is 0. The molecule has 0 aliphatic heterocycles. The van der Waals surface area contributed by atoms with Crippen LogP contribution in [0.2, 0.25) is 0 Å². The molecule has 0 aromatic heterocycles. The van der Waals surface area contributed by atoms with Gasteiger partial charge in [-0.25, -0.2) is 0 Å². The molecular weight excluding hydrogens is 328 g/mol. The third-order valence-corrected chi connectivity index (χ3v) is 6.08. The lowest BCUT2D eigenvalue weighted by atomic mass is 10.1. The van der Waals surface area contributed by atoms with Crippen molar-refractivity contribution in [2.75, 3.05) is 12.2 Å². The largest absolute Gasteiger partial charge is 0.418 e. The Morgan fingerprint density at radius 1 is 0.840 bits per heavy atom. The topological polar surface area (TPSA) is 26.3 Å². The Balaban J connectivity index is 1.90. The SMILES string of the molecule is CCCCCCCCCCCCCC(=O)OC[S+](C)c1ccccc1. The highest BCUT2D eigenvalue weighted by Crippen LogP contribution is 2.13. The van der Waals surface area contributed by atoms with Crippen LogP contribution in [0.25, 0.3) is 0 Å². The van der Waals surface area contributed by atoms with E-state index in [0.717, 1.165) is 12.8 Å². The first-order valence-electron chi connectivity index (χ1n) is 10.1. The zero-order chi connectivity index (χ0) is 18.2. The van der Waals surface area contributed by atoms with E-state index in [2.05, 4.69) is 25.3 Å². The van der Waals surface area contributed by atoms with Crippen molar-refractivity contribution in [3.63, 3.8) is 0 Å². The van der Waals surface area contributed by atoms with E-state index in [4.69, 9.17) is 4.74 Å². The monoisotopic (exact) mass is 365 g/mol. The molecule has 0 saturated heterocycles. The number of hydrogen-bond acceptors (Lipinski definition) is 2. The molecule has 0 aliphatic carbocycles. The van der Waals surface area contributed by atoms with Crippen molar-refractivity contribution in [3.05, 3.63) is 30.3 Å². The van der Waals surface area contributed by atoms with Crippen LogP contribution in [0.15, 0.2) is 35.2 Å². The summed E-state index contributed by atoms with van der Waals surface area (Å²) in [6.45, 7) is 2.26. The Bertz CT molecular complexity index is 433. The zero-order valence-electron chi connectivity index (χ0n) is 16.3. The van der Waals surface area contributed by atoms with E-state index in [1.54, 1.807) is 0 Å². The van der Waals surface area contributed by atoms with Gasteiger partial charge in [-0.2, -0.15) is 0 Å². The van der Waals surface area contributed by atoms with Crippen LogP contribution in [0.4, 0.5) is 0 Å². The molecule has 0 spiro atoms. The summed E-state index contributed by atoms with van der Waals surface area (Å²) in [6.07, 6.45) is 17.1. The van der Waals surface area contributed by atoms with Gasteiger partial charge in [0.25, 0.3) is 5.94 Å². The highest BCUT2D eigenvalue weighted by molar-refractivity contribution is 7.96. The molecule has 1 rings (SSSR count). The standard InChI is InChI=1S/C22H37O2S/c1-3-4-5-6-7-8-9-10-11-12-16-19-22(23)24-20-25(2)21-17-14-13-15-18-21/h13-15,17-18H,3-12,16,19-20H2,1-2H3/q+1. The molecule has 0 bridgehead atoms. The number of unbranched alkanes of at least 4 members (excludes halogenated alkanes) is 10. The number of benzene rings is 1. The predicted octanol–water partition coefficient (Wildman–Crippen LogP) is 6.50. The first-order valence-corrected chi connectivity index (χ1v) is 11.9. The number of carbonyl (C=O) groups is 1. The Labute approximate surface area is 158 Å². The molecule has 25 heavy (non-hydrogen) atoms. The summed E-state index contributed by atoms with van der Waals surface area (Å²) in [5, 5.41) is 0. The summed E-state index contributed by atoms with van der Waals surface area (Å²) in [7, 11) is -0.0133. The van der Waals surface area contributed by atoms with Crippen LogP contribution in [-0.2, 0) is 20.4 Å². The van der Waals surface area contributed by atoms with Gasteiger partial charge in [0.1, 0.15) is 6.26 Å². The smallest absolute Gasteiger partial charge is 0.309 e. The Morgan fingerprint density at radius 3 is 1.92 bits per heavy atom. The minimum Gasteiger partial charge on any atom is -0.418 e. The summed E-state index contributed by atoms with van der Waals surface area (Å²) < 4.78 is 5.42. The van der Waals surface area contributed by atoms with E-state index in [1.807, 2.05) is 18.2 Å². The fourth-order valence-corrected chi connectivity index (χ4v) is 3.95. The van der Waals surface area contributed by atoms with Crippen LogP contribution < -0.4 is 0 Å². The van der Waals surface area contributed by atoms with Gasteiger partial charge in [-0.1, -0.05) is 89.3 Å². The molecule has 0 heterocycles. The van der Waals surface area contributed by atoms with Gasteiger partial charge >= 0.3 is 5.97 Å². The van der Waals surface area contributed by atoms with Gasteiger partial charge in [0.05, 0.1) is 10.9 Å². The number of ether oxygens (including phenoxy) is 1. The highest BCUT2D eigenvalue weighted by atomic mass is 32.2. The highest BCUT2D eigenvalue weighted by Gasteiger charge is 2.17. The predicted molar refractivity (Wildman–Crippen MR) is 110 cm³/mol. The Hall–Kier alpha value is -0.960. The van der Waals surface area contributed by atoms with Crippen molar-refractivity contribution in [1.29, 1.82) is 0 Å². The van der Waals surface area contributed by atoms with Crippen molar-refractivity contribution in [3.8, 4) is 0 Å². The summed E-state index contributed by atoms with van der Waals surface area (Å²) in [5.74, 6) is 0.479. The van der Waals surface area contributed by atoms with Gasteiger partial charge < -0.3 is 4.74 Å². The van der Waals surface area contributed by atoms with E-state index in [1.165, 1.54) is 62.7 Å². The first-order chi connectivity index (χ1) is 12.2. The maximum absolute atomic E-state index is 11.8. The van der Waals surface area contributed by atoms with Gasteiger partial charge in [-0.3, -0.25) is 4.79 Å². The average molecular weight is 366 g/mol. The van der Waals surface area contributed by atoms with Crippen molar-refractivity contribution >= 4 is 16.9 Å². The van der Waals surface area contributed by atoms with Gasteiger partial charge in [0.15, 0.2) is 4.90 Å². The van der Waals surface area contributed by atoms with Crippen LogP contribution in [0.3, 0.4) is 0 Å². The second-order valence-electron chi connectivity index (χ2n) is 6.87. The third kappa shape index (κ3) is 12.1. The molecule has 0 fully saturated rings. The summed E-state index contributed by atoms with van der Waals surface area (Å²) in [4.78, 5) is 13.1. The second-order valence-corrected chi connectivity index (χ2v) is 8.85. The number of carbonyl (C=O) groups excluding carboxylic acids is 1. The summed E-state index contributed by atoms with van der Waals surface area (Å²) in [6, 6.07) is 10.3. The zero-order valence-corrected chi connectivity index (χ0v) is 17.1. The molecule has 2 nitrogen and oxygen atoms in total. The molecule has 142 valence electrons. The molecule has 0 aliphatic rings. The summed E-state index contributed by atoms with van der Waals surface area (Å²) in [5.41, 5.74) is 0. The van der Waals surface area contributed by atoms with Crippen LogP contribution in [0.5, 0.6) is 0 Å². The van der Waals surface area contributed by atoms with Gasteiger partial charge in [0, 0.05) is 6.42 Å². The first kappa shape index (κ1) is 22.1. The Morgan fingerprint density at radius 2 is 1.36 bits per heavy atom. The van der Waals surface area contributed by atoms with E-state index in [9.17, 15) is 4.79 Å². The maximum atomic E-state index is 11.8. The van der Waals surface area contributed by atoms with Crippen LogP contribution >= 0.6 is 0 Å². The van der Waals surface area contributed by atoms with Gasteiger partial charge in [-0.05, 0) is 18.6 Å². The van der Waals surface area contributed by atoms with E-state index >= 15 is 0 Å². The molecule has 1 atom stereocenters. The lowest BCUT2D eigenvalue weighted by Crippen LogP contribution is -2.13. The molecule has 3 heteroatoms. The number of esters is 1. The Kier molecular flexibility index (Phi) is 13.5. The molecular formula is C22H37O2S+. The summed E-state index contributed by atoms with van der Waals surface area (Å²) >= 11 is 0. The van der Waals surface area contributed by atoms with Crippen molar-refractivity contribution < 1.29 is 9.53 Å². The van der Waals surface area contributed by atoms with Crippen LogP contribution in [0, 0.1) is 0 Å². The van der Waals surface area contributed by atoms with E-state index in [-0.39, 0.29) is 16.9 Å². The fraction of sp³-hybridized carbons (Fsp3) is 0.682. The quantitative estimate of drug-likeness (QED) is 0.201. The van der Waals surface area contributed by atoms with Crippen molar-refractivity contribution in [1.82, 2.24) is 0 Å². The van der Waals surface area contributed by atoms with Crippen LogP contribution in [0.1, 0.15) is 84.0 Å². The fourth-order valence-electron chi connectivity index (χ4n) is 2.88. The number of rotatable bonds is 15. The average Bonchev–Trinajstić information content (AvgIpc) is 2.65. The second kappa shape index (κ2) is 15.3. The van der Waals surface area contributed by atoms with Gasteiger partial charge in [0.2, 0.25) is 0 Å². The molecule has 1 unspecified atom stereocenters. The molecule has 0 N–H and O–H groups in total. The van der Waals surface area contributed by atoms with Crippen molar-refractivity contribution in [2.24, 2.45) is 0 Å². The van der Waals surface area contributed by atoms with Crippen LogP contribution in [-0.4, -0.2) is 18.2 Å². The molecule has 0 amide bonds. The lowest BCUT2D eigenvalue weighted by molar-refractivity contribution is -0.141. The lowest BCUT2D eigenvalue weighted by Gasteiger charge is -2.05. The molecule has 1 aromatic rings. The minimum atomic E-state index is -0.0359. The van der Waals surface area contributed by atoms with E-state index in [0.29, 0.717) is 12.4 Å². The third-order valence-electron chi connectivity index (χ3n) is 4.53. The normalized spacial score (nSPS) is 12.1. The van der Waals surface area contributed by atoms with E-state index < -0.39 is 0 Å². The van der Waals surface area contributed by atoms with Gasteiger partial charge in [-0.15, -0.1) is 0 Å². The minimum absolute atomic E-state index is 0.0133. The molecule has 0 saturated carbocycles. The van der Waals surface area contributed by atoms with Crippen molar-refractivity contribution in [2.45, 2.75) is 88.9 Å². The maximum Gasteiger partial charge on any atom is 0.309 e. The molecule has 0 radical (unpaired) electrons.